The number of phenolic OH excluding ortho intramolecular Hbond substituents is 3. The van der Waals surface area contributed by atoms with Gasteiger partial charge in [0.15, 0.2) is 17.2 Å². The number of nitrogens with zero attached hydrogens (tertiary/aromatic N) is 3. The molecule has 0 fully saturated rings. The van der Waals surface area contributed by atoms with Crippen LogP contribution in [0.4, 0.5) is 0 Å². The molecule has 0 aliphatic rings. The Kier molecular flexibility index (Phi) is 45.0. The predicted molar refractivity (Wildman–Crippen MR) is 382 cm³/mol. The van der Waals surface area contributed by atoms with Crippen LogP contribution in [0.2, 0.25) is 0 Å². The molecule has 572 valence electrons. The smallest absolute Gasteiger partial charge is 0.255 e. The second-order valence-electron chi connectivity index (χ2n) is 23.4. The summed E-state index contributed by atoms with van der Waals surface area (Å²) in [6.07, 6.45) is 7.93. The molecule has 103 heavy (non-hydrogen) atoms. The van der Waals surface area contributed by atoms with Gasteiger partial charge in [-0.25, -0.2) is 0 Å². The number of hydrogen-bond donors (Lipinski definition) is 6. The third kappa shape index (κ3) is 35.1. The van der Waals surface area contributed by atoms with E-state index in [0.29, 0.717) is 269 Å². The molecule has 0 saturated heterocycles. The number of pyridine rings is 3. The highest BCUT2D eigenvalue weighted by molar-refractivity contribution is 6.04. The summed E-state index contributed by atoms with van der Waals surface area (Å²) in [5.74, 6) is -1.95. The van der Waals surface area contributed by atoms with Crippen LogP contribution < -0.4 is 16.0 Å². The standard InChI is InChI=1S/C74H108N6O23/c1-87-26-27-88-28-29-89-30-31-90-32-33-91-34-35-92-36-37-93-38-39-94-40-41-95-42-43-96-44-45-97-46-47-98-48-49-99-50-51-100-52-53-101-54-55-102-56-57-103-58-74(17-5-23-78-71(84)62-14-11-59-8-2-20-75-65(59)68(62)81,18-6-24-79-72(85)63-15-12-60-9-3-21-76-66(60)69(63)82)19-7-25-80-73(86)64-16-13-61-10-4-22-77-67(61)70(64)83/h2-4,8-16,20-22,81-83H,5-7,17-19,23-58H2,1H3,(H,78,84)(H,79,85)(H,80,86). The van der Waals surface area contributed by atoms with Crippen LogP contribution in [0.25, 0.3) is 32.7 Å². The Morgan fingerprint density at radius 1 is 0.311 bits per heavy atom. The van der Waals surface area contributed by atoms with Crippen molar-refractivity contribution >= 4 is 50.4 Å². The van der Waals surface area contributed by atoms with Crippen LogP contribution in [-0.4, -0.2) is 293 Å². The molecule has 6 rings (SSSR count). The molecule has 0 spiro atoms. The summed E-state index contributed by atoms with van der Waals surface area (Å²) in [7, 11) is 1.64. The van der Waals surface area contributed by atoms with Crippen LogP contribution >= 0.6 is 0 Å². The first kappa shape index (κ1) is 85.0. The summed E-state index contributed by atoms with van der Waals surface area (Å²) in [6, 6.07) is 20.6. The summed E-state index contributed by atoms with van der Waals surface area (Å²) in [5, 5.41) is 43.9. The first-order valence-corrected chi connectivity index (χ1v) is 35.5. The van der Waals surface area contributed by atoms with Gasteiger partial charge in [-0.1, -0.05) is 36.4 Å². The Labute approximate surface area is 603 Å². The molecule has 6 aromatic rings. The van der Waals surface area contributed by atoms with E-state index in [-0.39, 0.29) is 73.4 Å². The number of aromatic hydroxyl groups is 3. The SMILES string of the molecule is COCCOCCOCCOCCOCCOCCOCCOCCOCCOCCOCCOCCOCCOCCOCCOCCOCC(CCCNC(=O)c1ccc2cccnc2c1O)(CCCNC(=O)c1ccc2cccnc2c1O)CCCNC(=O)c1ccc2cccnc2c1O. The van der Waals surface area contributed by atoms with Crippen molar-refractivity contribution in [2.75, 3.05) is 245 Å². The Bertz CT molecular complexity index is 3000. The van der Waals surface area contributed by atoms with Gasteiger partial charge in [0.2, 0.25) is 0 Å². The number of methoxy groups -OCH3 is 1. The van der Waals surface area contributed by atoms with E-state index in [9.17, 15) is 29.7 Å². The van der Waals surface area contributed by atoms with Crippen LogP contribution in [0.3, 0.4) is 0 Å². The fraction of sp³-hybridized carbons (Fsp3) is 0.595. The number of aromatic nitrogens is 3. The number of rotatable bonds is 65. The van der Waals surface area contributed by atoms with Gasteiger partial charge in [0.25, 0.3) is 17.7 Å². The van der Waals surface area contributed by atoms with Gasteiger partial charge >= 0.3 is 0 Å². The van der Waals surface area contributed by atoms with Crippen molar-refractivity contribution in [1.82, 2.24) is 30.9 Å². The summed E-state index contributed by atoms with van der Waals surface area (Å²) >= 11 is 0. The zero-order valence-corrected chi connectivity index (χ0v) is 59.7. The fourth-order valence-electron chi connectivity index (χ4n) is 10.5. The lowest BCUT2D eigenvalue weighted by molar-refractivity contribution is -0.0324. The van der Waals surface area contributed by atoms with E-state index in [1.54, 1.807) is 98.5 Å². The van der Waals surface area contributed by atoms with E-state index in [1.807, 2.05) is 0 Å². The number of fused-ring (bicyclic) bond motifs is 3. The lowest BCUT2D eigenvalue weighted by atomic mass is 9.75. The molecule has 3 amide bonds. The van der Waals surface area contributed by atoms with Crippen LogP contribution in [0, 0.1) is 5.41 Å². The maximum atomic E-state index is 13.5. The fourth-order valence-corrected chi connectivity index (χ4v) is 10.5. The number of ether oxygens (including phenoxy) is 17. The summed E-state index contributed by atoms with van der Waals surface area (Å²) in [4.78, 5) is 53.2. The van der Waals surface area contributed by atoms with Crippen LogP contribution in [0.5, 0.6) is 17.2 Å². The van der Waals surface area contributed by atoms with Crippen LogP contribution in [0.15, 0.2) is 91.4 Å². The van der Waals surface area contributed by atoms with Crippen molar-refractivity contribution in [2.24, 2.45) is 5.41 Å². The van der Waals surface area contributed by atoms with Gasteiger partial charge in [0.1, 0.15) is 16.6 Å². The van der Waals surface area contributed by atoms with Gasteiger partial charge in [-0.05, 0) is 80.3 Å². The quantitative estimate of drug-likeness (QED) is 0.0229. The maximum Gasteiger partial charge on any atom is 0.255 e. The number of carbonyl (C=O) groups excluding carboxylic acids is 3. The number of carbonyl (C=O) groups is 3. The molecule has 0 atom stereocenters. The molecular weight excluding hydrogens is 1340 g/mol. The van der Waals surface area contributed by atoms with Gasteiger partial charge < -0.3 is 112 Å². The van der Waals surface area contributed by atoms with E-state index in [4.69, 9.17) is 80.5 Å². The minimum atomic E-state index is -0.531. The lowest BCUT2D eigenvalue weighted by Crippen LogP contribution is -2.34. The van der Waals surface area contributed by atoms with Gasteiger partial charge in [0.05, 0.1) is 235 Å². The number of amides is 3. The van der Waals surface area contributed by atoms with Crippen molar-refractivity contribution < 1.29 is 110 Å². The number of benzene rings is 3. The molecule has 0 unspecified atom stereocenters. The van der Waals surface area contributed by atoms with Gasteiger partial charge in [-0.3, -0.25) is 29.3 Å². The molecule has 0 radical (unpaired) electrons. The van der Waals surface area contributed by atoms with Crippen molar-refractivity contribution in [1.29, 1.82) is 0 Å². The minimum absolute atomic E-state index is 0.107. The Hall–Kier alpha value is -6.98. The summed E-state index contributed by atoms with van der Waals surface area (Å²) < 4.78 is 94.7. The second-order valence-corrected chi connectivity index (χ2v) is 23.4. The first-order chi connectivity index (χ1) is 50.7. The third-order valence-electron chi connectivity index (χ3n) is 15.9. The highest BCUT2D eigenvalue weighted by atomic mass is 16.6. The molecule has 0 bridgehead atoms. The van der Waals surface area contributed by atoms with Crippen molar-refractivity contribution in [3.05, 3.63) is 108 Å². The average Bonchev–Trinajstić information content (AvgIpc) is 0.854. The zero-order chi connectivity index (χ0) is 72.7. The van der Waals surface area contributed by atoms with Gasteiger partial charge in [0, 0.05) is 61.5 Å². The number of phenols is 3. The number of hydrogen-bond acceptors (Lipinski definition) is 26. The number of nitrogens with one attached hydrogen (secondary N) is 3. The van der Waals surface area contributed by atoms with Gasteiger partial charge in [-0.2, -0.15) is 0 Å². The lowest BCUT2D eigenvalue weighted by Gasteiger charge is -2.34. The van der Waals surface area contributed by atoms with Gasteiger partial charge in [-0.15, -0.1) is 0 Å². The van der Waals surface area contributed by atoms with Crippen molar-refractivity contribution in [2.45, 2.75) is 38.5 Å². The Balaban J connectivity index is 0.765. The van der Waals surface area contributed by atoms with Crippen LogP contribution in [0.1, 0.15) is 69.6 Å². The topological polar surface area (TPSA) is 344 Å². The Morgan fingerprint density at radius 3 is 0.748 bits per heavy atom. The normalized spacial score (nSPS) is 11.7. The monoisotopic (exact) mass is 1450 g/mol. The molecule has 0 aliphatic heterocycles. The second kappa shape index (κ2) is 54.6. The van der Waals surface area contributed by atoms with E-state index in [0.717, 1.165) is 0 Å². The predicted octanol–water partition coefficient (Wildman–Crippen LogP) is 6.28. The molecule has 3 aromatic heterocycles. The highest BCUT2D eigenvalue weighted by Crippen LogP contribution is 2.36. The highest BCUT2D eigenvalue weighted by Gasteiger charge is 2.30. The summed E-state index contributed by atoms with van der Waals surface area (Å²) in [5.41, 5.74) is 0.771. The molecule has 6 N–H and O–H groups in total. The molecule has 29 nitrogen and oxygen atoms in total. The minimum Gasteiger partial charge on any atom is -0.505 e. The molecule has 0 saturated carbocycles. The Morgan fingerprint density at radius 2 is 0.524 bits per heavy atom. The molecule has 3 aromatic carbocycles. The van der Waals surface area contributed by atoms with E-state index in [1.165, 1.54) is 0 Å². The first-order valence-electron chi connectivity index (χ1n) is 35.5. The maximum absolute atomic E-state index is 13.5. The van der Waals surface area contributed by atoms with Crippen molar-refractivity contribution in [3.63, 3.8) is 0 Å². The van der Waals surface area contributed by atoms with E-state index >= 15 is 0 Å². The van der Waals surface area contributed by atoms with Crippen LogP contribution in [-0.2, 0) is 80.5 Å². The van der Waals surface area contributed by atoms with E-state index in [2.05, 4.69) is 30.9 Å². The van der Waals surface area contributed by atoms with E-state index < -0.39 is 23.1 Å². The molecule has 3 heterocycles. The zero-order valence-electron chi connectivity index (χ0n) is 59.7. The third-order valence-corrected chi connectivity index (χ3v) is 15.9. The summed E-state index contributed by atoms with van der Waals surface area (Å²) in [6.45, 7) is 15.5. The molecular formula is C74H108N6O23. The molecule has 29 heteroatoms. The molecule has 0 aliphatic carbocycles. The largest absolute Gasteiger partial charge is 0.505 e. The average molecular weight is 1450 g/mol. The van der Waals surface area contributed by atoms with Crippen molar-refractivity contribution in [3.8, 4) is 17.2 Å².